The Morgan fingerprint density at radius 3 is 2.42 bits per heavy atom. The number of halogens is 2. The Morgan fingerprint density at radius 2 is 1.74 bits per heavy atom. The first-order valence-corrected chi connectivity index (χ1v) is 13.2. The van der Waals surface area contributed by atoms with Crippen molar-refractivity contribution in [2.75, 3.05) is 20.3 Å². The highest BCUT2D eigenvalue weighted by molar-refractivity contribution is 7.07. The predicted octanol–water partition coefficient (Wildman–Crippen LogP) is 4.99. The number of hydrogen-bond acceptors (Lipinski definition) is 7. The van der Waals surface area contributed by atoms with Gasteiger partial charge in [-0.05, 0) is 61.0 Å². The van der Waals surface area contributed by atoms with Crippen molar-refractivity contribution >= 4 is 46.6 Å². The molecule has 5 rings (SSSR count). The quantitative estimate of drug-likeness (QED) is 0.231. The lowest BCUT2D eigenvalue weighted by Crippen LogP contribution is -2.40. The summed E-state index contributed by atoms with van der Waals surface area (Å²) in [5, 5.41) is 1.18. The lowest BCUT2D eigenvalue weighted by atomic mass is 9.96. The van der Waals surface area contributed by atoms with Crippen LogP contribution in [0.15, 0.2) is 86.1 Å². The molecule has 0 amide bonds. The van der Waals surface area contributed by atoms with E-state index in [0.29, 0.717) is 42.2 Å². The van der Waals surface area contributed by atoms with Crippen LogP contribution >= 0.6 is 34.5 Å². The average Bonchev–Trinajstić information content (AvgIpc) is 3.49. The number of ether oxygens (including phenoxy) is 2. The molecule has 0 bridgehead atoms. The highest BCUT2D eigenvalue weighted by Gasteiger charge is 2.33. The molecule has 2 aromatic carbocycles. The van der Waals surface area contributed by atoms with Crippen LogP contribution in [0, 0.1) is 0 Å². The number of thiazole rings is 1. The molecule has 1 aliphatic heterocycles. The van der Waals surface area contributed by atoms with Crippen molar-refractivity contribution in [3.8, 4) is 11.3 Å². The Hall–Kier alpha value is -3.43. The van der Waals surface area contributed by atoms with E-state index in [1.807, 2.05) is 18.2 Å². The molecule has 2 aromatic heterocycles. The molecule has 1 unspecified atom stereocenters. The molecule has 0 saturated carbocycles. The predicted molar refractivity (Wildman–Crippen MR) is 147 cm³/mol. The number of esters is 1. The molecule has 0 N–H and O–H groups in total. The standard InChI is InChI=1S/C28H22Cl2N2O5S/c1-16-24(27(34)36-14-13-35-2)25(18-5-9-20(30)10-6-18)32-26(33)23(38-28(32)31-16)15-21-11-12-22(37-21)17-3-7-19(29)8-4-17/h3-12,15,25H,13-14H2,1-2H3. The zero-order valence-corrected chi connectivity index (χ0v) is 22.8. The molecule has 0 spiro atoms. The third-order valence-electron chi connectivity index (χ3n) is 5.98. The van der Waals surface area contributed by atoms with Crippen LogP contribution in [-0.2, 0) is 14.3 Å². The van der Waals surface area contributed by atoms with Crippen LogP contribution in [0.5, 0.6) is 0 Å². The van der Waals surface area contributed by atoms with Gasteiger partial charge in [-0.3, -0.25) is 9.36 Å². The van der Waals surface area contributed by atoms with Crippen molar-refractivity contribution in [2.24, 2.45) is 4.99 Å². The van der Waals surface area contributed by atoms with Gasteiger partial charge in [-0.1, -0.05) is 46.7 Å². The molecule has 10 heteroatoms. The minimum atomic E-state index is -0.734. The first kappa shape index (κ1) is 26.2. The molecule has 0 fully saturated rings. The highest BCUT2D eigenvalue weighted by Crippen LogP contribution is 2.31. The van der Waals surface area contributed by atoms with Crippen molar-refractivity contribution in [2.45, 2.75) is 13.0 Å². The second-order valence-corrected chi connectivity index (χ2v) is 10.4. The van der Waals surface area contributed by atoms with E-state index >= 15 is 0 Å². The van der Waals surface area contributed by atoms with Crippen LogP contribution in [0.1, 0.15) is 24.3 Å². The summed E-state index contributed by atoms with van der Waals surface area (Å²) in [5.74, 6) is 0.603. The lowest BCUT2D eigenvalue weighted by Gasteiger charge is -2.24. The van der Waals surface area contributed by atoms with Gasteiger partial charge in [0.1, 0.15) is 18.1 Å². The number of methoxy groups -OCH3 is 1. The van der Waals surface area contributed by atoms with E-state index in [9.17, 15) is 9.59 Å². The summed E-state index contributed by atoms with van der Waals surface area (Å²) in [6.07, 6.45) is 1.68. The van der Waals surface area contributed by atoms with Gasteiger partial charge in [-0.25, -0.2) is 9.79 Å². The summed E-state index contributed by atoms with van der Waals surface area (Å²) < 4.78 is 18.3. The molecule has 0 saturated heterocycles. The third kappa shape index (κ3) is 5.26. The fourth-order valence-corrected chi connectivity index (χ4v) is 5.45. The normalized spacial score (nSPS) is 15.4. The highest BCUT2D eigenvalue weighted by atomic mass is 35.5. The molecule has 1 atom stereocenters. The van der Waals surface area contributed by atoms with E-state index in [1.54, 1.807) is 55.5 Å². The maximum atomic E-state index is 13.7. The second kappa shape index (κ2) is 11.1. The Labute approximate surface area is 231 Å². The summed E-state index contributed by atoms with van der Waals surface area (Å²) in [7, 11) is 1.53. The van der Waals surface area contributed by atoms with E-state index in [0.717, 1.165) is 5.56 Å². The van der Waals surface area contributed by atoms with E-state index in [-0.39, 0.29) is 24.3 Å². The van der Waals surface area contributed by atoms with Crippen molar-refractivity contribution in [1.82, 2.24) is 4.57 Å². The molecule has 0 aliphatic carbocycles. The molecule has 0 radical (unpaired) electrons. The number of benzene rings is 2. The SMILES string of the molecule is COCCOC(=O)C1=C(C)N=c2sc(=Cc3ccc(-c4ccc(Cl)cc4)o3)c(=O)n2C1c1ccc(Cl)cc1. The Bertz CT molecular complexity index is 1700. The number of nitrogens with zero attached hydrogens (tertiary/aromatic N) is 2. The number of rotatable bonds is 7. The van der Waals surface area contributed by atoms with Crippen molar-refractivity contribution in [3.63, 3.8) is 0 Å². The Morgan fingerprint density at radius 1 is 1.05 bits per heavy atom. The largest absolute Gasteiger partial charge is 0.460 e. The molecular weight excluding hydrogens is 547 g/mol. The summed E-state index contributed by atoms with van der Waals surface area (Å²) in [6.45, 7) is 2.07. The van der Waals surface area contributed by atoms with Gasteiger partial charge in [0.2, 0.25) is 0 Å². The summed E-state index contributed by atoms with van der Waals surface area (Å²) in [6, 6.07) is 17.2. The minimum Gasteiger partial charge on any atom is -0.460 e. The summed E-state index contributed by atoms with van der Waals surface area (Å²) >= 11 is 13.3. The van der Waals surface area contributed by atoms with Crippen molar-refractivity contribution in [1.29, 1.82) is 0 Å². The van der Waals surface area contributed by atoms with Gasteiger partial charge in [-0.2, -0.15) is 0 Å². The fraction of sp³-hybridized carbons (Fsp3) is 0.179. The van der Waals surface area contributed by atoms with Gasteiger partial charge in [0.05, 0.1) is 28.5 Å². The zero-order chi connectivity index (χ0) is 26.8. The maximum Gasteiger partial charge on any atom is 0.338 e. The fourth-order valence-electron chi connectivity index (χ4n) is 4.17. The number of hydrogen-bond donors (Lipinski definition) is 0. The molecule has 38 heavy (non-hydrogen) atoms. The first-order chi connectivity index (χ1) is 18.4. The Kier molecular flexibility index (Phi) is 7.67. The number of allylic oxidation sites excluding steroid dienone is 1. The number of fused-ring (bicyclic) bond motifs is 1. The van der Waals surface area contributed by atoms with Crippen molar-refractivity contribution < 1.29 is 18.7 Å². The van der Waals surface area contributed by atoms with E-state index in [1.165, 1.54) is 23.0 Å². The van der Waals surface area contributed by atoms with Gasteiger partial charge in [0.25, 0.3) is 5.56 Å². The van der Waals surface area contributed by atoms with Gasteiger partial charge < -0.3 is 13.9 Å². The summed E-state index contributed by atoms with van der Waals surface area (Å²) in [5.41, 5.74) is 2.03. The number of carbonyl (C=O) groups excluding carboxylic acids is 1. The van der Waals surface area contributed by atoms with Crippen molar-refractivity contribution in [3.05, 3.63) is 113 Å². The smallest absolute Gasteiger partial charge is 0.338 e. The average molecular weight is 569 g/mol. The number of furan rings is 1. The topological polar surface area (TPSA) is 83.0 Å². The maximum absolute atomic E-state index is 13.7. The number of carbonyl (C=O) groups is 1. The second-order valence-electron chi connectivity index (χ2n) is 8.47. The van der Waals surface area contributed by atoms with Gasteiger partial charge in [0, 0.05) is 28.8 Å². The molecule has 7 nitrogen and oxygen atoms in total. The molecule has 1 aliphatic rings. The molecule has 194 valence electrons. The van der Waals surface area contributed by atoms with Crippen LogP contribution < -0.4 is 14.9 Å². The van der Waals surface area contributed by atoms with Crippen LogP contribution in [0.4, 0.5) is 0 Å². The monoisotopic (exact) mass is 568 g/mol. The van der Waals surface area contributed by atoms with E-state index in [4.69, 9.17) is 37.1 Å². The molecule has 4 aromatic rings. The van der Waals surface area contributed by atoms with Crippen LogP contribution in [0.2, 0.25) is 10.0 Å². The lowest BCUT2D eigenvalue weighted by molar-refractivity contribution is -0.140. The van der Waals surface area contributed by atoms with Crippen LogP contribution in [0.3, 0.4) is 0 Å². The molecular formula is C28H22Cl2N2O5S. The minimum absolute atomic E-state index is 0.0817. The number of aromatic nitrogens is 1. The van der Waals surface area contributed by atoms with Gasteiger partial charge in [0.15, 0.2) is 4.80 Å². The van der Waals surface area contributed by atoms with Gasteiger partial charge in [-0.15, -0.1) is 0 Å². The van der Waals surface area contributed by atoms with E-state index < -0.39 is 12.0 Å². The van der Waals surface area contributed by atoms with Crippen LogP contribution in [0.25, 0.3) is 17.4 Å². The summed E-state index contributed by atoms with van der Waals surface area (Å²) in [4.78, 5) is 31.9. The third-order valence-corrected chi connectivity index (χ3v) is 7.46. The first-order valence-electron chi connectivity index (χ1n) is 11.7. The zero-order valence-electron chi connectivity index (χ0n) is 20.4. The van der Waals surface area contributed by atoms with Gasteiger partial charge >= 0.3 is 5.97 Å². The molecule has 3 heterocycles. The Balaban J connectivity index is 1.59. The van der Waals surface area contributed by atoms with E-state index in [2.05, 4.69) is 4.99 Å². The van der Waals surface area contributed by atoms with Crippen LogP contribution in [-0.4, -0.2) is 30.9 Å².